The molecule has 0 unspecified atom stereocenters. The summed E-state index contributed by atoms with van der Waals surface area (Å²) in [5.74, 6) is -0.909. The molecule has 0 fully saturated rings. The number of hydrogen-bond donors (Lipinski definition) is 2. The highest BCUT2D eigenvalue weighted by Gasteiger charge is 2.07. The summed E-state index contributed by atoms with van der Waals surface area (Å²) in [4.78, 5) is 11.1. The van der Waals surface area contributed by atoms with Crippen molar-refractivity contribution < 1.29 is 9.90 Å². The van der Waals surface area contributed by atoms with Crippen molar-refractivity contribution in [3.8, 4) is 0 Å². The minimum Gasteiger partial charge on any atom is -0.478 e. The van der Waals surface area contributed by atoms with Gasteiger partial charge in [0.1, 0.15) is 0 Å². The van der Waals surface area contributed by atoms with Gasteiger partial charge in [0.2, 0.25) is 0 Å². The zero-order chi connectivity index (χ0) is 14.3. The number of aryl methyl sites for hydroxylation is 1. The van der Waals surface area contributed by atoms with Gasteiger partial charge in [-0.3, -0.25) is 0 Å². The van der Waals surface area contributed by atoms with Crippen LogP contribution in [-0.2, 0) is 11.2 Å². The molecule has 0 amide bonds. The molecule has 3 heteroatoms. The molecule has 1 aromatic carbocycles. The molecule has 19 heavy (non-hydrogen) atoms. The minimum absolute atomic E-state index is 0.329. The fourth-order valence-corrected chi connectivity index (χ4v) is 1.71. The lowest BCUT2D eigenvalue weighted by molar-refractivity contribution is -0.132. The Morgan fingerprint density at radius 1 is 1.37 bits per heavy atom. The van der Waals surface area contributed by atoms with Crippen LogP contribution in [0.2, 0.25) is 0 Å². The molecule has 0 atom stereocenters. The van der Waals surface area contributed by atoms with E-state index in [0.717, 1.165) is 23.2 Å². The van der Waals surface area contributed by atoms with Crippen molar-refractivity contribution in [3.05, 3.63) is 65.8 Å². The van der Waals surface area contributed by atoms with Crippen molar-refractivity contribution in [1.82, 2.24) is 0 Å². The molecule has 3 N–H and O–H groups in total. The average Bonchev–Trinajstić information content (AvgIpc) is 2.38. The van der Waals surface area contributed by atoms with E-state index in [9.17, 15) is 4.79 Å². The number of nitrogen functional groups attached to an aromatic ring is 1. The number of benzene rings is 1. The second-order valence-electron chi connectivity index (χ2n) is 4.34. The Morgan fingerprint density at radius 3 is 2.53 bits per heavy atom. The number of aliphatic carboxylic acids is 1. The molecular weight excluding hydrogens is 238 g/mol. The second kappa shape index (κ2) is 7.21. The summed E-state index contributed by atoms with van der Waals surface area (Å²) < 4.78 is 0. The SMILES string of the molecule is C=C/C=C\C(C(=O)O)=C(/C)CCc1ccc(N)cc1. The van der Waals surface area contributed by atoms with Crippen LogP contribution >= 0.6 is 0 Å². The summed E-state index contributed by atoms with van der Waals surface area (Å²) in [6, 6.07) is 7.62. The highest BCUT2D eigenvalue weighted by atomic mass is 16.4. The van der Waals surface area contributed by atoms with Gasteiger partial charge in [0.15, 0.2) is 0 Å². The molecule has 0 spiro atoms. The lowest BCUT2D eigenvalue weighted by atomic mass is 10.0. The van der Waals surface area contributed by atoms with Gasteiger partial charge in [0.25, 0.3) is 0 Å². The van der Waals surface area contributed by atoms with E-state index in [1.54, 1.807) is 18.2 Å². The minimum atomic E-state index is -0.909. The number of carboxylic acids is 1. The van der Waals surface area contributed by atoms with Crippen LogP contribution in [0, 0.1) is 0 Å². The fourth-order valence-electron chi connectivity index (χ4n) is 1.71. The predicted molar refractivity (Wildman–Crippen MR) is 78.8 cm³/mol. The summed E-state index contributed by atoms with van der Waals surface area (Å²) in [6.45, 7) is 5.38. The summed E-state index contributed by atoms with van der Waals surface area (Å²) in [5.41, 5.74) is 8.68. The third-order valence-corrected chi connectivity index (χ3v) is 2.86. The van der Waals surface area contributed by atoms with Crippen molar-refractivity contribution in [2.75, 3.05) is 5.73 Å². The maximum atomic E-state index is 11.1. The molecule has 100 valence electrons. The number of rotatable bonds is 6. The van der Waals surface area contributed by atoms with Crippen molar-refractivity contribution in [3.63, 3.8) is 0 Å². The van der Waals surface area contributed by atoms with E-state index in [0.29, 0.717) is 12.0 Å². The highest BCUT2D eigenvalue weighted by molar-refractivity contribution is 5.90. The van der Waals surface area contributed by atoms with Gasteiger partial charge in [-0.15, -0.1) is 0 Å². The molecule has 1 rings (SSSR count). The Balaban J connectivity index is 2.77. The summed E-state index contributed by atoms with van der Waals surface area (Å²) >= 11 is 0. The Morgan fingerprint density at radius 2 is 2.00 bits per heavy atom. The maximum absolute atomic E-state index is 11.1. The summed E-state index contributed by atoms with van der Waals surface area (Å²) in [7, 11) is 0. The van der Waals surface area contributed by atoms with Crippen LogP contribution in [0.5, 0.6) is 0 Å². The Bertz CT molecular complexity index is 510. The Hall–Kier alpha value is -2.29. The van der Waals surface area contributed by atoms with E-state index in [1.807, 2.05) is 31.2 Å². The monoisotopic (exact) mass is 257 g/mol. The largest absolute Gasteiger partial charge is 0.478 e. The van der Waals surface area contributed by atoms with E-state index in [2.05, 4.69) is 6.58 Å². The predicted octanol–water partition coefficient (Wildman–Crippen LogP) is 3.34. The molecule has 0 bridgehead atoms. The van der Waals surface area contributed by atoms with Gasteiger partial charge in [-0.05, 0) is 43.5 Å². The zero-order valence-electron chi connectivity index (χ0n) is 11.1. The fraction of sp³-hybridized carbons (Fsp3) is 0.188. The van der Waals surface area contributed by atoms with E-state index in [4.69, 9.17) is 10.8 Å². The molecule has 0 saturated heterocycles. The first-order chi connectivity index (χ1) is 9.04. The number of carboxylic acid groups (broad SMARTS) is 1. The number of hydrogen-bond acceptors (Lipinski definition) is 2. The lowest BCUT2D eigenvalue weighted by Gasteiger charge is -2.05. The molecule has 0 aromatic heterocycles. The molecule has 3 nitrogen and oxygen atoms in total. The summed E-state index contributed by atoms with van der Waals surface area (Å²) in [5, 5.41) is 9.14. The van der Waals surface area contributed by atoms with E-state index in [1.165, 1.54) is 0 Å². The third-order valence-electron chi connectivity index (χ3n) is 2.86. The van der Waals surface area contributed by atoms with E-state index in [-0.39, 0.29) is 0 Å². The molecule has 0 saturated carbocycles. The topological polar surface area (TPSA) is 63.3 Å². The number of allylic oxidation sites excluding steroid dienone is 3. The van der Waals surface area contributed by atoms with Gasteiger partial charge in [0.05, 0.1) is 5.57 Å². The number of nitrogens with two attached hydrogens (primary N) is 1. The van der Waals surface area contributed by atoms with Crippen molar-refractivity contribution in [2.24, 2.45) is 0 Å². The van der Waals surface area contributed by atoms with Crippen molar-refractivity contribution in [1.29, 1.82) is 0 Å². The number of carbonyl (C=O) groups is 1. The highest BCUT2D eigenvalue weighted by Crippen LogP contribution is 2.15. The van der Waals surface area contributed by atoms with Gasteiger partial charge >= 0.3 is 5.97 Å². The van der Waals surface area contributed by atoms with Gasteiger partial charge in [-0.2, -0.15) is 0 Å². The summed E-state index contributed by atoms with van der Waals surface area (Å²) in [6.07, 6.45) is 6.28. The van der Waals surface area contributed by atoms with Gasteiger partial charge in [-0.25, -0.2) is 4.79 Å². The normalized spacial score (nSPS) is 12.3. The molecule has 0 aliphatic carbocycles. The standard InChI is InChI=1S/C16H19NO2/c1-3-4-5-15(16(18)19)12(2)6-7-13-8-10-14(17)11-9-13/h3-5,8-11H,1,6-7,17H2,2H3,(H,18,19)/b5-4-,15-12-. The van der Waals surface area contributed by atoms with Crippen LogP contribution in [0.25, 0.3) is 0 Å². The molecule has 0 aliphatic heterocycles. The van der Waals surface area contributed by atoms with Crippen LogP contribution in [0.4, 0.5) is 5.69 Å². The van der Waals surface area contributed by atoms with Gasteiger partial charge in [0, 0.05) is 5.69 Å². The van der Waals surface area contributed by atoms with E-state index < -0.39 is 5.97 Å². The molecule has 0 aliphatic rings. The molecular formula is C16H19NO2. The average molecular weight is 257 g/mol. The Kier molecular flexibility index (Phi) is 5.61. The number of anilines is 1. The van der Waals surface area contributed by atoms with Crippen LogP contribution in [0.15, 0.2) is 60.2 Å². The van der Waals surface area contributed by atoms with Crippen LogP contribution < -0.4 is 5.73 Å². The maximum Gasteiger partial charge on any atom is 0.335 e. The Labute approximate surface area is 113 Å². The van der Waals surface area contributed by atoms with Crippen LogP contribution in [0.1, 0.15) is 18.9 Å². The van der Waals surface area contributed by atoms with Gasteiger partial charge in [-0.1, -0.05) is 36.4 Å². The molecule has 1 aromatic rings. The van der Waals surface area contributed by atoms with Gasteiger partial charge < -0.3 is 10.8 Å². The van der Waals surface area contributed by atoms with Crippen LogP contribution in [0.3, 0.4) is 0 Å². The lowest BCUT2D eigenvalue weighted by Crippen LogP contribution is -2.02. The quantitative estimate of drug-likeness (QED) is 0.466. The molecule has 0 heterocycles. The van der Waals surface area contributed by atoms with Crippen molar-refractivity contribution in [2.45, 2.75) is 19.8 Å². The first-order valence-electron chi connectivity index (χ1n) is 6.11. The molecule has 0 radical (unpaired) electrons. The smallest absolute Gasteiger partial charge is 0.335 e. The second-order valence-corrected chi connectivity index (χ2v) is 4.34. The van der Waals surface area contributed by atoms with Crippen molar-refractivity contribution >= 4 is 11.7 Å². The van der Waals surface area contributed by atoms with Crippen LogP contribution in [-0.4, -0.2) is 11.1 Å². The first kappa shape index (κ1) is 14.8. The first-order valence-corrected chi connectivity index (χ1v) is 6.11. The zero-order valence-corrected chi connectivity index (χ0v) is 11.1. The van der Waals surface area contributed by atoms with E-state index >= 15 is 0 Å². The third kappa shape index (κ3) is 4.84.